The van der Waals surface area contributed by atoms with Gasteiger partial charge in [0.05, 0.1) is 20.4 Å². The molecule has 0 spiro atoms. The van der Waals surface area contributed by atoms with E-state index in [-0.39, 0.29) is 10.6 Å². The van der Waals surface area contributed by atoms with Gasteiger partial charge in [0.15, 0.2) is 0 Å². The molecule has 3 amide bonds. The Morgan fingerprint density at radius 2 is 1.54 bits per heavy atom. The van der Waals surface area contributed by atoms with Crippen molar-refractivity contribution in [1.29, 1.82) is 0 Å². The highest BCUT2D eigenvalue weighted by molar-refractivity contribution is 7.91. The molecule has 0 saturated carbocycles. The Balaban J connectivity index is 2.25. The summed E-state index contributed by atoms with van der Waals surface area (Å²) in [6.45, 7) is 0. The van der Waals surface area contributed by atoms with Crippen LogP contribution in [0.2, 0.25) is 5.02 Å². The average Bonchev–Trinajstić information content (AvgIpc) is 2.59. The number of amides is 3. The molecule has 2 rings (SSSR count). The molecule has 0 fully saturated rings. The molecule has 150 valence electrons. The fraction of sp³-hybridized carbons (Fsp3) is 0.0667. The Bertz CT molecular complexity index is 1010. The molecule has 0 aliphatic rings. The van der Waals surface area contributed by atoms with Gasteiger partial charge >= 0.3 is 18.3 Å². The van der Waals surface area contributed by atoms with E-state index in [0.29, 0.717) is 6.07 Å². The van der Waals surface area contributed by atoms with Crippen molar-refractivity contribution < 1.29 is 36.3 Å². The summed E-state index contributed by atoms with van der Waals surface area (Å²) in [4.78, 5) is 20.7. The van der Waals surface area contributed by atoms with E-state index in [4.69, 9.17) is 16.7 Å². The van der Waals surface area contributed by atoms with Crippen molar-refractivity contribution in [3.05, 3.63) is 53.1 Å². The van der Waals surface area contributed by atoms with Crippen LogP contribution in [0.4, 0.5) is 28.4 Å². The topological polar surface area (TPSA) is 125 Å². The Morgan fingerprint density at radius 3 is 2.07 bits per heavy atom. The summed E-state index contributed by atoms with van der Waals surface area (Å²) in [5, 5.41) is 9.93. The second kappa shape index (κ2) is 7.94. The van der Waals surface area contributed by atoms with Gasteiger partial charge in [-0.2, -0.15) is 13.2 Å². The van der Waals surface area contributed by atoms with E-state index in [1.807, 2.05) is 0 Å². The Hall–Kier alpha value is -2.99. The Labute approximate surface area is 161 Å². The van der Waals surface area contributed by atoms with E-state index >= 15 is 0 Å². The van der Waals surface area contributed by atoms with Crippen LogP contribution in [-0.4, -0.2) is 25.6 Å². The molecule has 0 saturated heterocycles. The number of halogens is 4. The third-order valence-corrected chi connectivity index (χ3v) is 5.36. The SMILES string of the molecule is O=C(O)NNC(=O)Nc1ccc(S(=O)(=O)c2ccc(Cl)c(C(F)(F)F)c2)cc1. The molecule has 0 aliphatic carbocycles. The maximum absolute atomic E-state index is 12.9. The van der Waals surface area contributed by atoms with E-state index in [9.17, 15) is 31.2 Å². The average molecular weight is 438 g/mol. The van der Waals surface area contributed by atoms with Gasteiger partial charge in [0, 0.05) is 5.69 Å². The number of hydrazine groups is 1. The van der Waals surface area contributed by atoms with Crippen molar-refractivity contribution in [2.45, 2.75) is 16.0 Å². The first kappa shape index (κ1) is 21.3. The van der Waals surface area contributed by atoms with Gasteiger partial charge in [-0.15, -0.1) is 0 Å². The number of rotatable bonds is 3. The maximum atomic E-state index is 12.9. The Kier molecular flexibility index (Phi) is 6.04. The molecule has 0 unspecified atom stereocenters. The van der Waals surface area contributed by atoms with Crippen molar-refractivity contribution in [3.8, 4) is 0 Å². The first-order valence-electron chi connectivity index (χ1n) is 7.19. The van der Waals surface area contributed by atoms with Gasteiger partial charge in [-0.05, 0) is 42.5 Å². The van der Waals surface area contributed by atoms with Gasteiger partial charge in [-0.25, -0.2) is 28.9 Å². The van der Waals surface area contributed by atoms with Crippen molar-refractivity contribution in [3.63, 3.8) is 0 Å². The number of alkyl halides is 3. The molecular formula is C15H11ClF3N3O5S. The molecule has 0 aromatic heterocycles. The summed E-state index contributed by atoms with van der Waals surface area (Å²) in [5.74, 6) is 0. The lowest BCUT2D eigenvalue weighted by atomic mass is 10.2. The zero-order chi connectivity index (χ0) is 21.1. The number of carbonyl (C=O) groups is 2. The Morgan fingerprint density at radius 1 is 0.964 bits per heavy atom. The van der Waals surface area contributed by atoms with Crippen LogP contribution >= 0.6 is 11.6 Å². The van der Waals surface area contributed by atoms with Gasteiger partial charge in [0.1, 0.15) is 0 Å². The second-order valence-corrected chi connectivity index (χ2v) is 7.53. The van der Waals surface area contributed by atoms with Crippen LogP contribution in [0, 0.1) is 0 Å². The molecule has 2 aromatic carbocycles. The molecule has 0 atom stereocenters. The molecule has 2 aromatic rings. The van der Waals surface area contributed by atoms with Gasteiger partial charge in [0.2, 0.25) is 9.84 Å². The zero-order valence-electron chi connectivity index (χ0n) is 13.5. The minimum atomic E-state index is -4.83. The number of hydrogen-bond donors (Lipinski definition) is 4. The van der Waals surface area contributed by atoms with Gasteiger partial charge in [0.25, 0.3) is 0 Å². The number of carboxylic acid groups (broad SMARTS) is 1. The summed E-state index contributed by atoms with van der Waals surface area (Å²) < 4.78 is 63.9. The number of anilines is 1. The van der Waals surface area contributed by atoms with Crippen LogP contribution in [0.5, 0.6) is 0 Å². The van der Waals surface area contributed by atoms with Crippen molar-refractivity contribution in [2.24, 2.45) is 0 Å². The summed E-state index contributed by atoms with van der Waals surface area (Å²) in [7, 11) is -4.28. The lowest BCUT2D eigenvalue weighted by Crippen LogP contribution is -2.43. The molecule has 0 aliphatic heterocycles. The molecule has 28 heavy (non-hydrogen) atoms. The number of nitrogens with one attached hydrogen (secondary N) is 3. The number of benzene rings is 2. The third kappa shape index (κ3) is 5.04. The van der Waals surface area contributed by atoms with E-state index < -0.39 is 43.6 Å². The van der Waals surface area contributed by atoms with Crippen molar-refractivity contribution in [1.82, 2.24) is 10.9 Å². The lowest BCUT2D eigenvalue weighted by Gasteiger charge is -2.12. The molecule has 0 radical (unpaired) electrons. The van der Waals surface area contributed by atoms with Crippen molar-refractivity contribution >= 4 is 39.2 Å². The largest absolute Gasteiger partial charge is 0.464 e. The highest BCUT2D eigenvalue weighted by atomic mass is 35.5. The molecule has 13 heteroatoms. The first-order chi connectivity index (χ1) is 12.9. The first-order valence-corrected chi connectivity index (χ1v) is 9.05. The number of urea groups is 1. The highest BCUT2D eigenvalue weighted by Crippen LogP contribution is 2.37. The van der Waals surface area contributed by atoms with Crippen LogP contribution in [-0.2, 0) is 16.0 Å². The normalized spacial score (nSPS) is 11.6. The predicted molar refractivity (Wildman–Crippen MR) is 91.7 cm³/mol. The summed E-state index contributed by atoms with van der Waals surface area (Å²) in [6.07, 6.45) is -6.33. The van der Waals surface area contributed by atoms with E-state index in [1.54, 1.807) is 10.9 Å². The second-order valence-electron chi connectivity index (χ2n) is 5.18. The van der Waals surface area contributed by atoms with Gasteiger partial charge in [-0.1, -0.05) is 11.6 Å². The summed E-state index contributed by atoms with van der Waals surface area (Å²) >= 11 is 5.49. The molecule has 0 bridgehead atoms. The fourth-order valence-corrected chi connectivity index (χ4v) is 3.53. The quantitative estimate of drug-likeness (QED) is 0.547. The van der Waals surface area contributed by atoms with Crippen LogP contribution in [0.25, 0.3) is 0 Å². The fourth-order valence-electron chi connectivity index (χ4n) is 2.01. The van der Waals surface area contributed by atoms with E-state index in [0.717, 1.165) is 24.3 Å². The molecule has 8 nitrogen and oxygen atoms in total. The van der Waals surface area contributed by atoms with E-state index in [1.165, 1.54) is 12.1 Å². The van der Waals surface area contributed by atoms with Gasteiger partial charge in [-0.3, -0.25) is 0 Å². The number of hydrogen-bond acceptors (Lipinski definition) is 4. The van der Waals surface area contributed by atoms with Crippen LogP contribution in [0.3, 0.4) is 0 Å². The summed E-state index contributed by atoms with van der Waals surface area (Å²) in [6, 6.07) is 5.77. The van der Waals surface area contributed by atoms with Crippen LogP contribution in [0.1, 0.15) is 5.56 Å². The van der Waals surface area contributed by atoms with Gasteiger partial charge < -0.3 is 10.4 Å². The molecular weight excluding hydrogens is 427 g/mol. The molecule has 4 N–H and O–H groups in total. The molecule has 0 heterocycles. The highest BCUT2D eigenvalue weighted by Gasteiger charge is 2.34. The minimum absolute atomic E-state index is 0.107. The minimum Gasteiger partial charge on any atom is -0.464 e. The summed E-state index contributed by atoms with van der Waals surface area (Å²) in [5.41, 5.74) is 2.22. The monoisotopic (exact) mass is 437 g/mol. The number of sulfone groups is 1. The standard InChI is InChI=1S/C15H11ClF3N3O5S/c16-12-6-5-10(7-11(12)15(17,18)19)28(26,27)9-3-1-8(2-4-9)20-13(23)21-22-14(24)25/h1-7,22H,(H,24,25)(H2,20,21,23). The van der Waals surface area contributed by atoms with Crippen LogP contribution < -0.4 is 16.2 Å². The van der Waals surface area contributed by atoms with E-state index in [2.05, 4.69) is 5.32 Å². The zero-order valence-corrected chi connectivity index (χ0v) is 15.1. The number of carbonyl (C=O) groups excluding carboxylic acids is 1. The third-order valence-electron chi connectivity index (χ3n) is 3.26. The van der Waals surface area contributed by atoms with Crippen LogP contribution in [0.15, 0.2) is 52.3 Å². The lowest BCUT2D eigenvalue weighted by molar-refractivity contribution is -0.137. The predicted octanol–water partition coefficient (Wildman–Crippen LogP) is 3.50. The maximum Gasteiger partial charge on any atom is 0.423 e. The van der Waals surface area contributed by atoms with Crippen molar-refractivity contribution in [2.75, 3.05) is 5.32 Å². The smallest absolute Gasteiger partial charge is 0.423 e.